The van der Waals surface area contributed by atoms with Gasteiger partial charge in [0, 0.05) is 25.8 Å². The molecule has 3 nitrogen and oxygen atoms in total. The summed E-state index contributed by atoms with van der Waals surface area (Å²) in [6.07, 6.45) is 14.3. The molecule has 0 fully saturated rings. The van der Waals surface area contributed by atoms with Gasteiger partial charge in [0.2, 0.25) is 0 Å². The summed E-state index contributed by atoms with van der Waals surface area (Å²) in [6.45, 7) is 17.3. The predicted octanol–water partition coefficient (Wildman–Crippen LogP) is 4.66. The Morgan fingerprint density at radius 1 is 1.27 bits per heavy atom. The number of rotatable bonds is 7. The first-order valence-electron chi connectivity index (χ1n) is 9.36. The highest BCUT2D eigenvalue weighted by molar-refractivity contribution is 5.48. The van der Waals surface area contributed by atoms with Gasteiger partial charge in [-0.1, -0.05) is 42.5 Å². The van der Waals surface area contributed by atoms with Gasteiger partial charge in [-0.05, 0) is 56.9 Å². The van der Waals surface area contributed by atoms with Crippen molar-refractivity contribution in [2.24, 2.45) is 5.73 Å². The summed E-state index contributed by atoms with van der Waals surface area (Å²) < 4.78 is 0. The van der Waals surface area contributed by atoms with Gasteiger partial charge in [-0.3, -0.25) is 0 Å². The first kappa shape index (κ1) is 20.1. The van der Waals surface area contributed by atoms with Crippen LogP contribution in [0.3, 0.4) is 0 Å². The molecule has 2 aliphatic heterocycles. The summed E-state index contributed by atoms with van der Waals surface area (Å²) in [5, 5.41) is 0. The summed E-state index contributed by atoms with van der Waals surface area (Å²) in [5.74, 6) is 0. The van der Waals surface area contributed by atoms with Crippen molar-refractivity contribution in [2.45, 2.75) is 32.6 Å². The minimum Gasteiger partial charge on any atom is -0.397 e. The monoisotopic (exact) mass is 351 g/mol. The number of hydrogen-bond donors (Lipinski definition) is 1. The molecule has 0 bridgehead atoms. The SMILES string of the molecule is C=CCN1C=CC=C(CC(=C)C)/C1=C(\N)C(=C)CC1=CCCN(C)CC1. The molecule has 0 spiro atoms. The number of nitrogens with two attached hydrogens (primary N) is 1. The van der Waals surface area contributed by atoms with Crippen molar-refractivity contribution in [2.75, 3.05) is 26.7 Å². The molecule has 26 heavy (non-hydrogen) atoms. The Morgan fingerprint density at radius 2 is 2.04 bits per heavy atom. The molecule has 0 amide bonds. The number of allylic oxidation sites excluding steroid dienone is 5. The third-order valence-electron chi connectivity index (χ3n) is 4.81. The van der Waals surface area contributed by atoms with Crippen molar-refractivity contribution >= 4 is 0 Å². The Kier molecular flexibility index (Phi) is 7.28. The zero-order valence-electron chi connectivity index (χ0n) is 16.4. The molecule has 0 aromatic carbocycles. The fourth-order valence-corrected chi connectivity index (χ4v) is 3.42. The van der Waals surface area contributed by atoms with Gasteiger partial charge in [-0.15, -0.1) is 6.58 Å². The minimum atomic E-state index is 0.723. The van der Waals surface area contributed by atoms with Gasteiger partial charge in [-0.2, -0.15) is 0 Å². The van der Waals surface area contributed by atoms with Crippen molar-refractivity contribution < 1.29 is 0 Å². The normalized spacial score (nSPS) is 20.2. The van der Waals surface area contributed by atoms with Crippen molar-refractivity contribution in [1.82, 2.24) is 9.80 Å². The fourth-order valence-electron chi connectivity index (χ4n) is 3.42. The third-order valence-corrected chi connectivity index (χ3v) is 4.81. The average molecular weight is 352 g/mol. The van der Waals surface area contributed by atoms with Crippen molar-refractivity contribution in [3.8, 4) is 0 Å². The van der Waals surface area contributed by atoms with Crippen LogP contribution in [0.1, 0.15) is 32.6 Å². The van der Waals surface area contributed by atoms with E-state index in [4.69, 9.17) is 5.73 Å². The van der Waals surface area contributed by atoms with E-state index >= 15 is 0 Å². The molecule has 140 valence electrons. The summed E-state index contributed by atoms with van der Waals surface area (Å²) in [4.78, 5) is 4.53. The smallest absolute Gasteiger partial charge is 0.0681 e. The molecule has 0 atom stereocenters. The predicted molar refractivity (Wildman–Crippen MR) is 113 cm³/mol. The third kappa shape index (κ3) is 5.37. The second-order valence-electron chi connectivity index (χ2n) is 7.36. The molecule has 2 N–H and O–H groups in total. The lowest BCUT2D eigenvalue weighted by Gasteiger charge is -2.30. The Balaban J connectivity index is 2.26. The zero-order chi connectivity index (χ0) is 19.1. The van der Waals surface area contributed by atoms with Gasteiger partial charge in [0.25, 0.3) is 0 Å². The van der Waals surface area contributed by atoms with Crippen LogP contribution in [0.25, 0.3) is 0 Å². The van der Waals surface area contributed by atoms with Crippen LogP contribution < -0.4 is 5.73 Å². The van der Waals surface area contributed by atoms with Crippen LogP contribution in [-0.4, -0.2) is 36.5 Å². The lowest BCUT2D eigenvalue weighted by molar-refractivity contribution is 0.352. The maximum Gasteiger partial charge on any atom is 0.0681 e. The van der Waals surface area contributed by atoms with E-state index in [1.54, 1.807) is 0 Å². The molecule has 0 saturated heterocycles. The van der Waals surface area contributed by atoms with Crippen LogP contribution in [-0.2, 0) is 0 Å². The Labute approximate surface area is 159 Å². The van der Waals surface area contributed by atoms with E-state index in [0.717, 1.165) is 67.9 Å². The zero-order valence-corrected chi connectivity index (χ0v) is 16.4. The standard InChI is InChI=1S/C23H33N3/c1-6-12-26-14-8-10-21(16-18(2)3)23(26)22(24)19(4)17-20-9-7-13-25(5)15-11-20/h6,8-10,14H,1-2,4,7,11-13,15-17,24H2,3,5H3/b23-22+. The molecule has 2 aliphatic rings. The number of nitrogens with zero attached hydrogens (tertiary/aromatic N) is 2. The highest BCUT2D eigenvalue weighted by Crippen LogP contribution is 2.31. The second-order valence-corrected chi connectivity index (χ2v) is 7.36. The first-order valence-corrected chi connectivity index (χ1v) is 9.36. The summed E-state index contributed by atoms with van der Waals surface area (Å²) in [5.41, 5.74) is 13.2. The molecule has 0 aromatic rings. The topological polar surface area (TPSA) is 32.5 Å². The Hall–Kier alpha value is -2.26. The fraction of sp³-hybridized carbons (Fsp3) is 0.391. The van der Waals surface area contributed by atoms with Gasteiger partial charge < -0.3 is 15.5 Å². The molecule has 0 unspecified atom stereocenters. The van der Waals surface area contributed by atoms with Gasteiger partial charge in [0.1, 0.15) is 0 Å². The van der Waals surface area contributed by atoms with Crippen LogP contribution in [0.4, 0.5) is 0 Å². The molecule has 2 heterocycles. The number of hydrogen-bond acceptors (Lipinski definition) is 3. The average Bonchev–Trinajstić information content (AvgIpc) is 2.79. The van der Waals surface area contributed by atoms with Crippen LogP contribution in [0.15, 0.2) is 83.9 Å². The van der Waals surface area contributed by atoms with E-state index in [-0.39, 0.29) is 0 Å². The highest BCUT2D eigenvalue weighted by atomic mass is 15.1. The van der Waals surface area contributed by atoms with Gasteiger partial charge in [0.15, 0.2) is 0 Å². The van der Waals surface area contributed by atoms with E-state index in [1.807, 2.05) is 13.0 Å². The van der Waals surface area contributed by atoms with E-state index in [9.17, 15) is 0 Å². The molecular formula is C23H33N3. The largest absolute Gasteiger partial charge is 0.397 e. The van der Waals surface area contributed by atoms with Crippen LogP contribution >= 0.6 is 0 Å². The Bertz CT molecular complexity index is 688. The van der Waals surface area contributed by atoms with Crippen LogP contribution in [0, 0.1) is 0 Å². The lowest BCUT2D eigenvalue weighted by atomic mass is 9.94. The molecule has 2 rings (SSSR count). The van der Waals surface area contributed by atoms with Crippen molar-refractivity contribution in [3.05, 3.63) is 83.9 Å². The molecule has 0 aromatic heterocycles. The quantitative estimate of drug-likeness (QED) is 0.677. The maximum absolute atomic E-state index is 6.62. The van der Waals surface area contributed by atoms with Crippen molar-refractivity contribution in [1.29, 1.82) is 0 Å². The lowest BCUT2D eigenvalue weighted by Crippen LogP contribution is -2.25. The highest BCUT2D eigenvalue weighted by Gasteiger charge is 2.20. The van der Waals surface area contributed by atoms with E-state index in [2.05, 4.69) is 61.0 Å². The van der Waals surface area contributed by atoms with E-state index in [1.165, 1.54) is 11.1 Å². The van der Waals surface area contributed by atoms with Gasteiger partial charge in [-0.25, -0.2) is 0 Å². The summed E-state index contributed by atoms with van der Waals surface area (Å²) in [7, 11) is 2.18. The van der Waals surface area contributed by atoms with E-state index < -0.39 is 0 Å². The van der Waals surface area contributed by atoms with Gasteiger partial charge in [0.05, 0.1) is 11.4 Å². The van der Waals surface area contributed by atoms with Crippen molar-refractivity contribution in [3.63, 3.8) is 0 Å². The molecular weight excluding hydrogens is 318 g/mol. The molecule has 0 saturated carbocycles. The van der Waals surface area contributed by atoms with Crippen LogP contribution in [0.2, 0.25) is 0 Å². The summed E-state index contributed by atoms with van der Waals surface area (Å²) in [6, 6.07) is 0. The minimum absolute atomic E-state index is 0.723. The maximum atomic E-state index is 6.62. The first-order chi connectivity index (χ1) is 12.4. The van der Waals surface area contributed by atoms with E-state index in [0.29, 0.717) is 0 Å². The second kappa shape index (κ2) is 9.44. The van der Waals surface area contributed by atoms with Gasteiger partial charge >= 0.3 is 0 Å². The van der Waals surface area contributed by atoms with Crippen LogP contribution in [0.5, 0.6) is 0 Å². The molecule has 3 heteroatoms. The summed E-state index contributed by atoms with van der Waals surface area (Å²) >= 11 is 0. The molecule has 0 radical (unpaired) electrons. The Morgan fingerprint density at radius 3 is 2.73 bits per heavy atom. The molecule has 0 aliphatic carbocycles.